The molecule has 0 aliphatic heterocycles. The predicted octanol–water partition coefficient (Wildman–Crippen LogP) is 4.15. The molecule has 0 unspecified atom stereocenters. The lowest BCUT2D eigenvalue weighted by atomic mass is 10.2. The molecular weight excluding hydrogens is 384 g/mol. The molecule has 7 heteroatoms. The fraction of sp³-hybridized carbons (Fsp3) is 0.136. The Hall–Kier alpha value is -3.45. The number of amides is 1. The maximum Gasteiger partial charge on any atom is 0.251 e. The van der Waals surface area contributed by atoms with Crippen LogP contribution in [0.1, 0.15) is 26.6 Å². The Bertz CT molecular complexity index is 1110. The first-order valence-electron chi connectivity index (χ1n) is 9.18. The number of hydrogen-bond donors (Lipinski definition) is 1. The molecule has 146 valence electrons. The second kappa shape index (κ2) is 8.70. The van der Waals surface area contributed by atoms with Crippen LogP contribution in [0.5, 0.6) is 5.75 Å². The summed E-state index contributed by atoms with van der Waals surface area (Å²) in [5.74, 6) is 2.16. The van der Waals surface area contributed by atoms with Crippen molar-refractivity contribution in [3.8, 4) is 11.6 Å². The zero-order valence-corrected chi connectivity index (χ0v) is 16.7. The zero-order valence-electron chi connectivity index (χ0n) is 15.9. The lowest BCUT2D eigenvalue weighted by Gasteiger charge is -2.10. The fourth-order valence-corrected chi connectivity index (χ4v) is 3.50. The number of aryl methyl sites for hydroxylation is 1. The van der Waals surface area contributed by atoms with Crippen LogP contribution in [0.4, 0.5) is 0 Å². The van der Waals surface area contributed by atoms with E-state index in [1.54, 1.807) is 35.9 Å². The summed E-state index contributed by atoms with van der Waals surface area (Å²) in [5.41, 5.74) is 1.52. The highest BCUT2D eigenvalue weighted by atomic mass is 32.1. The van der Waals surface area contributed by atoms with E-state index in [0.29, 0.717) is 24.5 Å². The van der Waals surface area contributed by atoms with E-state index in [9.17, 15) is 4.79 Å². The molecule has 4 aromatic rings. The first-order chi connectivity index (χ1) is 14.2. The van der Waals surface area contributed by atoms with Crippen molar-refractivity contribution >= 4 is 17.2 Å². The second-order valence-electron chi connectivity index (χ2n) is 6.45. The molecule has 6 nitrogen and oxygen atoms in total. The summed E-state index contributed by atoms with van der Waals surface area (Å²) in [5, 5.41) is 4.97. The quantitative estimate of drug-likeness (QED) is 0.502. The number of hydrogen-bond acceptors (Lipinski definition) is 5. The van der Waals surface area contributed by atoms with Crippen molar-refractivity contribution in [2.24, 2.45) is 0 Å². The van der Waals surface area contributed by atoms with Gasteiger partial charge in [0.25, 0.3) is 5.91 Å². The van der Waals surface area contributed by atoms with Crippen molar-refractivity contribution in [3.05, 3.63) is 94.3 Å². The Balaban J connectivity index is 1.38. The molecule has 1 N–H and O–H groups in total. The topological polar surface area (TPSA) is 69.0 Å². The van der Waals surface area contributed by atoms with Crippen molar-refractivity contribution in [3.63, 3.8) is 0 Å². The maximum atomic E-state index is 12.6. The molecule has 0 bridgehead atoms. The highest BCUT2D eigenvalue weighted by Gasteiger charge is 2.08. The molecule has 3 aromatic heterocycles. The molecule has 0 fully saturated rings. The number of thiophene rings is 1. The van der Waals surface area contributed by atoms with Gasteiger partial charge in [0, 0.05) is 35.6 Å². The normalized spacial score (nSPS) is 10.7. The van der Waals surface area contributed by atoms with Gasteiger partial charge in [-0.1, -0.05) is 12.1 Å². The minimum atomic E-state index is -0.149. The summed E-state index contributed by atoms with van der Waals surface area (Å²) >= 11 is 1.64. The van der Waals surface area contributed by atoms with Gasteiger partial charge in [0.15, 0.2) is 0 Å². The Labute approximate surface area is 172 Å². The summed E-state index contributed by atoms with van der Waals surface area (Å²) in [6.45, 7) is 2.82. The molecule has 1 amide bonds. The largest absolute Gasteiger partial charge is 0.488 e. The van der Waals surface area contributed by atoms with Gasteiger partial charge in [0.05, 0.1) is 0 Å². The number of carbonyl (C=O) groups excluding carboxylic acids is 1. The van der Waals surface area contributed by atoms with Crippen LogP contribution >= 0.6 is 11.3 Å². The molecule has 0 aliphatic carbocycles. The average molecular weight is 404 g/mol. The summed E-state index contributed by atoms with van der Waals surface area (Å²) < 4.78 is 7.69. The third kappa shape index (κ3) is 4.70. The lowest BCUT2D eigenvalue weighted by molar-refractivity contribution is 0.0950. The van der Waals surface area contributed by atoms with E-state index in [1.165, 1.54) is 0 Å². The summed E-state index contributed by atoms with van der Waals surface area (Å²) in [6, 6.07) is 15.1. The summed E-state index contributed by atoms with van der Waals surface area (Å²) in [6.07, 6.45) is 5.33. The predicted molar refractivity (Wildman–Crippen MR) is 112 cm³/mol. The van der Waals surface area contributed by atoms with Crippen LogP contribution in [-0.4, -0.2) is 20.4 Å². The van der Waals surface area contributed by atoms with Gasteiger partial charge in [-0.2, -0.15) is 0 Å². The smallest absolute Gasteiger partial charge is 0.251 e. The van der Waals surface area contributed by atoms with Crippen LogP contribution in [-0.2, 0) is 13.2 Å². The average Bonchev–Trinajstić information content (AvgIpc) is 3.42. The first-order valence-corrected chi connectivity index (χ1v) is 10.1. The maximum absolute atomic E-state index is 12.6. The van der Waals surface area contributed by atoms with Gasteiger partial charge in [-0.15, -0.1) is 11.3 Å². The van der Waals surface area contributed by atoms with Crippen molar-refractivity contribution in [2.75, 3.05) is 0 Å². The zero-order chi connectivity index (χ0) is 20.1. The van der Waals surface area contributed by atoms with E-state index >= 15 is 0 Å². The van der Waals surface area contributed by atoms with E-state index in [1.807, 2.05) is 59.5 Å². The van der Waals surface area contributed by atoms with Gasteiger partial charge in [-0.3, -0.25) is 9.36 Å². The standard InChI is InChI=1S/C22H20N4O2S/c1-16-23-9-10-26(16)21-12-17(7-8-24-21)14-25-22(27)18-4-2-5-19(13-18)28-15-20-6-3-11-29-20/h2-13H,14-15H2,1H3,(H,25,27). The number of nitrogens with one attached hydrogen (secondary N) is 1. The van der Waals surface area contributed by atoms with E-state index in [4.69, 9.17) is 4.74 Å². The molecule has 0 atom stereocenters. The first kappa shape index (κ1) is 18.9. The van der Waals surface area contributed by atoms with Gasteiger partial charge < -0.3 is 10.1 Å². The Kier molecular flexibility index (Phi) is 5.67. The molecule has 0 spiro atoms. The SMILES string of the molecule is Cc1nccn1-c1cc(CNC(=O)c2cccc(OCc3cccs3)c2)ccn1. The van der Waals surface area contributed by atoms with Gasteiger partial charge in [0.2, 0.25) is 0 Å². The molecule has 0 aliphatic rings. The number of ether oxygens (including phenoxy) is 1. The number of pyridine rings is 1. The highest BCUT2D eigenvalue weighted by Crippen LogP contribution is 2.17. The number of aromatic nitrogens is 3. The highest BCUT2D eigenvalue weighted by molar-refractivity contribution is 7.09. The van der Waals surface area contributed by atoms with E-state index < -0.39 is 0 Å². The summed E-state index contributed by atoms with van der Waals surface area (Å²) in [4.78, 5) is 22.3. The van der Waals surface area contributed by atoms with Crippen molar-refractivity contribution in [1.29, 1.82) is 0 Å². The Morgan fingerprint density at radius 3 is 2.86 bits per heavy atom. The molecule has 0 saturated heterocycles. The lowest BCUT2D eigenvalue weighted by Crippen LogP contribution is -2.23. The summed E-state index contributed by atoms with van der Waals surface area (Å²) in [7, 11) is 0. The Morgan fingerprint density at radius 1 is 1.14 bits per heavy atom. The molecule has 0 saturated carbocycles. The Morgan fingerprint density at radius 2 is 2.07 bits per heavy atom. The minimum Gasteiger partial charge on any atom is -0.488 e. The second-order valence-corrected chi connectivity index (χ2v) is 7.48. The van der Waals surface area contributed by atoms with Gasteiger partial charge >= 0.3 is 0 Å². The molecule has 0 radical (unpaired) electrons. The number of rotatable bonds is 7. The number of benzene rings is 1. The number of imidazole rings is 1. The van der Waals surface area contributed by atoms with E-state index in [0.717, 1.165) is 22.1 Å². The van der Waals surface area contributed by atoms with Crippen LogP contribution in [0.15, 0.2) is 72.5 Å². The minimum absolute atomic E-state index is 0.149. The molecular formula is C22H20N4O2S. The van der Waals surface area contributed by atoms with E-state index in [2.05, 4.69) is 15.3 Å². The monoisotopic (exact) mass is 404 g/mol. The van der Waals surface area contributed by atoms with E-state index in [-0.39, 0.29) is 5.91 Å². The fourth-order valence-electron chi connectivity index (χ4n) is 2.88. The third-order valence-corrected chi connectivity index (χ3v) is 5.24. The molecule has 4 rings (SSSR count). The molecule has 3 heterocycles. The molecule has 29 heavy (non-hydrogen) atoms. The van der Waals surface area contributed by atoms with Crippen molar-refractivity contribution in [1.82, 2.24) is 19.9 Å². The van der Waals surface area contributed by atoms with Gasteiger partial charge in [-0.25, -0.2) is 9.97 Å². The van der Waals surface area contributed by atoms with Crippen LogP contribution in [0.3, 0.4) is 0 Å². The number of nitrogens with zero attached hydrogens (tertiary/aromatic N) is 3. The third-order valence-electron chi connectivity index (χ3n) is 4.39. The van der Waals surface area contributed by atoms with Gasteiger partial charge in [-0.05, 0) is 54.3 Å². The van der Waals surface area contributed by atoms with Crippen molar-refractivity contribution < 1.29 is 9.53 Å². The molecule has 1 aromatic carbocycles. The van der Waals surface area contributed by atoms with Gasteiger partial charge in [0.1, 0.15) is 24.0 Å². The van der Waals surface area contributed by atoms with Crippen LogP contribution < -0.4 is 10.1 Å². The number of carbonyl (C=O) groups is 1. The van der Waals surface area contributed by atoms with Crippen LogP contribution in [0.2, 0.25) is 0 Å². The van der Waals surface area contributed by atoms with Crippen molar-refractivity contribution in [2.45, 2.75) is 20.1 Å². The van der Waals surface area contributed by atoms with Crippen LogP contribution in [0, 0.1) is 6.92 Å². The van der Waals surface area contributed by atoms with Crippen LogP contribution in [0.25, 0.3) is 5.82 Å².